The van der Waals surface area contributed by atoms with Gasteiger partial charge in [-0.3, -0.25) is 4.99 Å². The lowest BCUT2D eigenvalue weighted by molar-refractivity contribution is 0.464. The van der Waals surface area contributed by atoms with E-state index in [0.29, 0.717) is 5.92 Å². The van der Waals surface area contributed by atoms with Gasteiger partial charge in [-0.15, -0.1) is 0 Å². The lowest BCUT2D eigenvalue weighted by Gasteiger charge is -2.17. The molecule has 0 amide bonds. The third kappa shape index (κ3) is 9.77. The van der Waals surface area contributed by atoms with Crippen LogP contribution in [0.15, 0.2) is 42.1 Å². The summed E-state index contributed by atoms with van der Waals surface area (Å²) in [6, 6.07) is 0. The van der Waals surface area contributed by atoms with Crippen molar-refractivity contribution in [1.82, 2.24) is 0 Å². The van der Waals surface area contributed by atoms with E-state index < -0.39 is 0 Å². The summed E-state index contributed by atoms with van der Waals surface area (Å²) in [4.78, 5) is 4.28. The summed E-state index contributed by atoms with van der Waals surface area (Å²) in [7, 11) is 0. The number of aliphatic imine (C=N–C) groups is 1. The molecule has 0 radical (unpaired) electrons. The maximum absolute atomic E-state index is 4.28. The Morgan fingerprint density at radius 1 is 0.950 bits per heavy atom. The number of hydrogen-bond donors (Lipinski definition) is 0. The van der Waals surface area contributed by atoms with Crippen molar-refractivity contribution in [3.63, 3.8) is 0 Å². The van der Waals surface area contributed by atoms with Crippen LogP contribution in [0.4, 0.5) is 0 Å². The highest BCUT2D eigenvalue weighted by molar-refractivity contribution is 5.70. The molecular weight excluding hydrogens is 242 g/mol. The standard InChI is InChI=1S/C19H33N/c1-5-9-11-13-15-19(14-12-10-6-2)18(8-4)17-20-16-7-3/h7-8,16-17,19H,3-6,9-15H2,1-2H3/b18-17+,20-16?. The molecule has 1 heteroatoms. The fraction of sp³-hybridized carbons (Fsp3) is 0.632. The molecular formula is C19H33N. The second-order valence-electron chi connectivity index (χ2n) is 5.41. The predicted octanol–water partition coefficient (Wildman–Crippen LogP) is 6.48. The van der Waals surface area contributed by atoms with Gasteiger partial charge in [-0.05, 0) is 24.3 Å². The van der Waals surface area contributed by atoms with E-state index in [1.54, 1.807) is 12.3 Å². The van der Waals surface area contributed by atoms with E-state index in [1.807, 2.05) is 12.3 Å². The van der Waals surface area contributed by atoms with Crippen LogP contribution in [0.2, 0.25) is 0 Å². The topological polar surface area (TPSA) is 12.4 Å². The molecule has 0 aromatic carbocycles. The fourth-order valence-corrected chi connectivity index (χ4v) is 2.45. The molecule has 1 unspecified atom stereocenters. The van der Waals surface area contributed by atoms with Crippen LogP contribution >= 0.6 is 0 Å². The van der Waals surface area contributed by atoms with E-state index in [2.05, 4.69) is 32.0 Å². The number of unbranched alkanes of at least 4 members (excludes halogenated alkanes) is 5. The Morgan fingerprint density at radius 2 is 1.55 bits per heavy atom. The molecule has 0 rings (SSSR count). The first-order valence-electron chi connectivity index (χ1n) is 8.26. The molecule has 0 aliphatic rings. The van der Waals surface area contributed by atoms with Crippen LogP contribution in [0.5, 0.6) is 0 Å². The number of rotatable bonds is 13. The molecule has 0 aliphatic heterocycles. The highest BCUT2D eigenvalue weighted by Crippen LogP contribution is 2.26. The van der Waals surface area contributed by atoms with Gasteiger partial charge in [0.25, 0.3) is 0 Å². The average Bonchev–Trinajstić information content (AvgIpc) is 2.47. The maximum atomic E-state index is 4.28. The first-order chi connectivity index (χ1) is 9.79. The number of hydrogen-bond acceptors (Lipinski definition) is 1. The monoisotopic (exact) mass is 275 g/mol. The van der Waals surface area contributed by atoms with Gasteiger partial charge in [-0.2, -0.15) is 0 Å². The van der Waals surface area contributed by atoms with E-state index in [1.165, 1.54) is 63.4 Å². The Hall–Kier alpha value is -1.11. The maximum Gasteiger partial charge on any atom is 0.0302 e. The van der Waals surface area contributed by atoms with Crippen molar-refractivity contribution in [2.45, 2.75) is 71.6 Å². The van der Waals surface area contributed by atoms with Crippen LogP contribution in [0.1, 0.15) is 71.6 Å². The minimum Gasteiger partial charge on any atom is -0.264 e. The molecule has 0 saturated carbocycles. The molecule has 0 fully saturated rings. The molecule has 0 aromatic rings. The van der Waals surface area contributed by atoms with Crippen LogP contribution in [0.3, 0.4) is 0 Å². The normalized spacial score (nSPS) is 13.6. The predicted molar refractivity (Wildman–Crippen MR) is 93.4 cm³/mol. The molecule has 0 N–H and O–H groups in total. The highest BCUT2D eigenvalue weighted by atomic mass is 14.7. The van der Waals surface area contributed by atoms with Crippen molar-refractivity contribution in [1.29, 1.82) is 0 Å². The summed E-state index contributed by atoms with van der Waals surface area (Å²) < 4.78 is 0. The first kappa shape index (κ1) is 18.9. The van der Waals surface area contributed by atoms with Crippen LogP contribution in [-0.2, 0) is 0 Å². The van der Waals surface area contributed by atoms with Gasteiger partial charge in [0.05, 0.1) is 0 Å². The Balaban J connectivity index is 4.50. The fourth-order valence-electron chi connectivity index (χ4n) is 2.45. The molecule has 1 atom stereocenters. The summed E-state index contributed by atoms with van der Waals surface area (Å²) in [5.41, 5.74) is 1.29. The Labute approximate surface area is 126 Å². The van der Waals surface area contributed by atoms with Gasteiger partial charge in [0, 0.05) is 12.4 Å². The van der Waals surface area contributed by atoms with Crippen LogP contribution in [0, 0.1) is 5.92 Å². The number of allylic oxidation sites excluding steroid dienone is 3. The van der Waals surface area contributed by atoms with Gasteiger partial charge in [0.15, 0.2) is 0 Å². The molecule has 0 aliphatic carbocycles. The van der Waals surface area contributed by atoms with Gasteiger partial charge < -0.3 is 0 Å². The van der Waals surface area contributed by atoms with E-state index in [0.717, 1.165) is 0 Å². The van der Waals surface area contributed by atoms with E-state index in [-0.39, 0.29) is 0 Å². The zero-order valence-corrected chi connectivity index (χ0v) is 13.6. The summed E-state index contributed by atoms with van der Waals surface area (Å²) in [5.74, 6) is 0.623. The van der Waals surface area contributed by atoms with E-state index in [9.17, 15) is 0 Å². The van der Waals surface area contributed by atoms with Crippen LogP contribution < -0.4 is 0 Å². The van der Waals surface area contributed by atoms with Crippen molar-refractivity contribution >= 4 is 6.21 Å². The molecule has 20 heavy (non-hydrogen) atoms. The SMILES string of the molecule is C=CC=N/C=C(\C=C)C(CCCCC)CCCCCC. The van der Waals surface area contributed by atoms with Gasteiger partial charge >= 0.3 is 0 Å². The lowest BCUT2D eigenvalue weighted by Crippen LogP contribution is -2.03. The largest absolute Gasteiger partial charge is 0.264 e. The van der Waals surface area contributed by atoms with Gasteiger partial charge in [0.2, 0.25) is 0 Å². The van der Waals surface area contributed by atoms with Crippen molar-refractivity contribution < 1.29 is 0 Å². The highest BCUT2D eigenvalue weighted by Gasteiger charge is 2.11. The zero-order chi connectivity index (χ0) is 15.1. The van der Waals surface area contributed by atoms with Gasteiger partial charge in [0.1, 0.15) is 0 Å². The van der Waals surface area contributed by atoms with E-state index in [4.69, 9.17) is 0 Å². The average molecular weight is 275 g/mol. The van der Waals surface area contributed by atoms with Crippen molar-refractivity contribution in [3.8, 4) is 0 Å². The molecule has 0 aromatic heterocycles. The summed E-state index contributed by atoms with van der Waals surface area (Å²) in [5, 5.41) is 0. The molecule has 1 nitrogen and oxygen atoms in total. The van der Waals surface area contributed by atoms with Crippen molar-refractivity contribution in [3.05, 3.63) is 37.1 Å². The van der Waals surface area contributed by atoms with Gasteiger partial charge in [-0.25, -0.2) is 0 Å². The molecule has 0 saturated heterocycles. The molecule has 114 valence electrons. The van der Waals surface area contributed by atoms with E-state index >= 15 is 0 Å². The van der Waals surface area contributed by atoms with Crippen LogP contribution in [-0.4, -0.2) is 6.21 Å². The third-order valence-corrected chi connectivity index (χ3v) is 3.68. The second-order valence-corrected chi connectivity index (χ2v) is 5.41. The minimum absolute atomic E-state index is 0.623. The Kier molecular flexibility index (Phi) is 13.5. The smallest absolute Gasteiger partial charge is 0.0302 e. The third-order valence-electron chi connectivity index (χ3n) is 3.68. The summed E-state index contributed by atoms with van der Waals surface area (Å²) in [6.07, 6.45) is 19.2. The zero-order valence-electron chi connectivity index (χ0n) is 13.6. The molecule has 0 heterocycles. The van der Waals surface area contributed by atoms with Crippen LogP contribution in [0.25, 0.3) is 0 Å². The second kappa shape index (κ2) is 14.3. The minimum atomic E-state index is 0.623. The first-order valence-corrected chi connectivity index (χ1v) is 8.26. The summed E-state index contributed by atoms with van der Waals surface area (Å²) >= 11 is 0. The molecule has 0 bridgehead atoms. The van der Waals surface area contributed by atoms with Gasteiger partial charge in [-0.1, -0.05) is 84.1 Å². The molecule has 0 spiro atoms. The Bertz CT molecular complexity index is 299. The Morgan fingerprint density at radius 3 is 2.10 bits per heavy atom. The van der Waals surface area contributed by atoms with Crippen molar-refractivity contribution in [2.75, 3.05) is 0 Å². The summed E-state index contributed by atoms with van der Waals surface area (Å²) in [6.45, 7) is 12.1. The quantitative estimate of drug-likeness (QED) is 0.207. The van der Waals surface area contributed by atoms with Crippen molar-refractivity contribution in [2.24, 2.45) is 10.9 Å². The number of nitrogens with zero attached hydrogens (tertiary/aromatic N) is 1. The lowest BCUT2D eigenvalue weighted by atomic mass is 9.88.